The summed E-state index contributed by atoms with van der Waals surface area (Å²) < 4.78 is 30.6. The Labute approximate surface area is 166 Å². The molecular formula is C22H26N2O3S. The summed E-state index contributed by atoms with van der Waals surface area (Å²) in [6.07, 6.45) is 0.744. The maximum absolute atomic E-state index is 12.9. The van der Waals surface area contributed by atoms with E-state index >= 15 is 0 Å². The highest BCUT2D eigenvalue weighted by atomic mass is 32.2. The third-order valence-corrected chi connectivity index (χ3v) is 8.75. The molecule has 0 unspecified atom stereocenters. The first-order valence-corrected chi connectivity index (χ1v) is 11.1. The van der Waals surface area contributed by atoms with Gasteiger partial charge < -0.3 is 10.5 Å². The predicted octanol–water partition coefficient (Wildman–Crippen LogP) is 3.26. The Morgan fingerprint density at radius 2 is 1.79 bits per heavy atom. The van der Waals surface area contributed by atoms with Crippen molar-refractivity contribution in [2.75, 3.05) is 5.75 Å². The lowest BCUT2D eigenvalue weighted by Gasteiger charge is -2.38. The molecule has 0 aliphatic carbocycles. The molecule has 0 spiro atoms. The van der Waals surface area contributed by atoms with Crippen LogP contribution in [0.4, 0.5) is 0 Å². The molecule has 0 aromatic heterocycles. The number of aryl methyl sites for hydroxylation is 1. The van der Waals surface area contributed by atoms with E-state index in [0.717, 1.165) is 34.4 Å². The van der Waals surface area contributed by atoms with E-state index in [4.69, 9.17) is 10.5 Å². The van der Waals surface area contributed by atoms with Crippen LogP contribution in [-0.4, -0.2) is 24.8 Å². The molecule has 4 rings (SSSR count). The second-order valence-corrected chi connectivity index (χ2v) is 11.1. The number of fused-ring (bicyclic) bond motifs is 2. The second-order valence-electron chi connectivity index (χ2n) is 8.60. The lowest BCUT2D eigenvalue weighted by molar-refractivity contribution is 0.307. The third-order valence-electron chi connectivity index (χ3n) is 6.04. The van der Waals surface area contributed by atoms with Crippen molar-refractivity contribution in [3.63, 3.8) is 0 Å². The molecule has 0 saturated carbocycles. The van der Waals surface area contributed by atoms with Crippen LogP contribution in [0.25, 0.3) is 0 Å². The first kappa shape index (κ1) is 19.0. The highest BCUT2D eigenvalue weighted by Gasteiger charge is 2.48. The first-order chi connectivity index (χ1) is 13.0. The Morgan fingerprint density at radius 1 is 1.04 bits per heavy atom. The van der Waals surface area contributed by atoms with Crippen LogP contribution < -0.4 is 10.5 Å². The van der Waals surface area contributed by atoms with Crippen molar-refractivity contribution < 1.29 is 13.2 Å². The molecule has 0 bridgehead atoms. The van der Waals surface area contributed by atoms with Crippen LogP contribution in [0, 0.1) is 6.92 Å². The molecule has 2 heterocycles. The van der Waals surface area contributed by atoms with Gasteiger partial charge in [0.25, 0.3) is 0 Å². The second kappa shape index (κ2) is 6.08. The summed E-state index contributed by atoms with van der Waals surface area (Å²) in [5.74, 6) is 1.01. The molecule has 5 nitrogen and oxygen atoms in total. The zero-order valence-electron chi connectivity index (χ0n) is 16.7. The van der Waals surface area contributed by atoms with Gasteiger partial charge in [0.2, 0.25) is 0 Å². The number of amidine groups is 1. The van der Waals surface area contributed by atoms with Crippen LogP contribution in [0.1, 0.15) is 48.6 Å². The van der Waals surface area contributed by atoms with Gasteiger partial charge in [-0.3, -0.25) is 4.99 Å². The molecule has 2 aliphatic rings. The minimum absolute atomic E-state index is 0.0569. The number of ether oxygens (including phenoxy) is 1. The summed E-state index contributed by atoms with van der Waals surface area (Å²) in [6, 6.07) is 12.2. The summed E-state index contributed by atoms with van der Waals surface area (Å²) in [7, 11) is -3.43. The first-order valence-electron chi connectivity index (χ1n) is 9.45. The summed E-state index contributed by atoms with van der Waals surface area (Å²) >= 11 is 0. The molecule has 1 atom stereocenters. The van der Waals surface area contributed by atoms with Gasteiger partial charge in [0.15, 0.2) is 9.84 Å². The molecule has 2 aromatic rings. The minimum atomic E-state index is -3.43. The molecule has 2 aliphatic heterocycles. The quantitative estimate of drug-likeness (QED) is 0.799. The number of nitrogens with two attached hydrogens (primary N) is 1. The summed E-state index contributed by atoms with van der Waals surface area (Å²) in [6.45, 7) is 7.65. The number of rotatable bonds is 1. The van der Waals surface area contributed by atoms with Crippen LogP contribution in [-0.2, 0) is 28.4 Å². The van der Waals surface area contributed by atoms with Gasteiger partial charge in [-0.05, 0) is 56.0 Å². The van der Waals surface area contributed by atoms with Crippen LogP contribution >= 0.6 is 0 Å². The molecule has 2 N–H and O–H groups in total. The van der Waals surface area contributed by atoms with E-state index in [1.807, 2.05) is 31.2 Å². The summed E-state index contributed by atoms with van der Waals surface area (Å²) in [4.78, 5) is 4.65. The monoisotopic (exact) mass is 398 g/mol. The fraction of sp³-hybridized carbons (Fsp3) is 0.409. The lowest BCUT2D eigenvalue weighted by Crippen LogP contribution is -2.54. The van der Waals surface area contributed by atoms with E-state index in [0.29, 0.717) is 6.61 Å². The van der Waals surface area contributed by atoms with Crippen molar-refractivity contribution in [2.24, 2.45) is 10.7 Å². The van der Waals surface area contributed by atoms with Crippen LogP contribution in [0.3, 0.4) is 0 Å². The Bertz CT molecular complexity index is 1100. The van der Waals surface area contributed by atoms with Gasteiger partial charge in [-0.2, -0.15) is 0 Å². The van der Waals surface area contributed by atoms with Crippen LogP contribution in [0.2, 0.25) is 0 Å². The number of aliphatic imine (C=N–C) groups is 1. The zero-order chi connectivity index (χ0) is 20.3. The van der Waals surface area contributed by atoms with E-state index < -0.39 is 20.1 Å². The molecule has 0 saturated heterocycles. The van der Waals surface area contributed by atoms with Gasteiger partial charge in [0, 0.05) is 6.42 Å². The van der Waals surface area contributed by atoms with Gasteiger partial charge in [-0.15, -0.1) is 0 Å². The maximum Gasteiger partial charge on any atom is 0.165 e. The average molecular weight is 399 g/mol. The lowest BCUT2D eigenvalue weighted by atomic mass is 9.89. The van der Waals surface area contributed by atoms with Gasteiger partial charge in [-0.1, -0.05) is 35.9 Å². The van der Waals surface area contributed by atoms with Gasteiger partial charge in [-0.25, -0.2) is 8.42 Å². The van der Waals surface area contributed by atoms with Gasteiger partial charge >= 0.3 is 0 Å². The normalized spacial score (nSPS) is 24.9. The largest absolute Gasteiger partial charge is 0.489 e. The summed E-state index contributed by atoms with van der Waals surface area (Å²) in [5.41, 5.74) is 10.6. The molecule has 0 fully saturated rings. The van der Waals surface area contributed by atoms with Crippen LogP contribution in [0.5, 0.6) is 5.75 Å². The standard InChI is InChI=1S/C22H26N2O3S/c1-14-5-8-19-17(9-14)10-16-11-18(7-6-15(16)12-27-19)22(4)13-28(25,26)21(2,3)20(23)24-22/h5-9,11H,10,12-13H2,1-4H3,(H2,23,24)/t22-/m0/s1. The topological polar surface area (TPSA) is 81.8 Å². The highest BCUT2D eigenvalue weighted by molar-refractivity contribution is 7.93. The SMILES string of the molecule is Cc1ccc2c(c1)Cc1cc([C@]3(C)CS(=O)(=O)C(C)(C)C(N)=N3)ccc1CO2. The Kier molecular flexibility index (Phi) is 4.12. The van der Waals surface area contributed by atoms with Crippen molar-refractivity contribution in [1.29, 1.82) is 0 Å². The molecule has 0 radical (unpaired) electrons. The Balaban J connectivity index is 1.79. The summed E-state index contributed by atoms with van der Waals surface area (Å²) in [5, 5.41) is 0. The average Bonchev–Trinajstić information content (AvgIpc) is 2.77. The fourth-order valence-corrected chi connectivity index (χ4v) is 5.60. The zero-order valence-corrected chi connectivity index (χ0v) is 17.6. The molecule has 28 heavy (non-hydrogen) atoms. The number of hydrogen-bond acceptors (Lipinski definition) is 5. The third kappa shape index (κ3) is 2.91. The minimum Gasteiger partial charge on any atom is -0.489 e. The van der Waals surface area contributed by atoms with Crippen molar-refractivity contribution in [1.82, 2.24) is 0 Å². The van der Waals surface area contributed by atoms with Crippen molar-refractivity contribution >= 4 is 15.7 Å². The van der Waals surface area contributed by atoms with Gasteiger partial charge in [0.05, 0.1) is 11.3 Å². The van der Waals surface area contributed by atoms with E-state index in [1.54, 1.807) is 13.8 Å². The van der Waals surface area contributed by atoms with Crippen molar-refractivity contribution in [2.45, 2.75) is 51.0 Å². The number of benzene rings is 2. The number of hydrogen-bond donors (Lipinski definition) is 1. The smallest absolute Gasteiger partial charge is 0.165 e. The van der Waals surface area contributed by atoms with E-state index in [2.05, 4.69) is 24.0 Å². The number of nitrogens with zero attached hydrogens (tertiary/aromatic N) is 1. The maximum atomic E-state index is 12.9. The van der Waals surface area contributed by atoms with E-state index in [-0.39, 0.29) is 11.6 Å². The molecule has 2 aromatic carbocycles. The predicted molar refractivity (Wildman–Crippen MR) is 112 cm³/mol. The number of sulfone groups is 1. The molecule has 6 heteroatoms. The van der Waals surface area contributed by atoms with E-state index in [1.165, 1.54) is 5.56 Å². The molecule has 0 amide bonds. The highest BCUT2D eigenvalue weighted by Crippen LogP contribution is 2.38. The fourth-order valence-electron chi connectivity index (χ4n) is 3.90. The Morgan fingerprint density at radius 3 is 2.50 bits per heavy atom. The molecular weight excluding hydrogens is 372 g/mol. The van der Waals surface area contributed by atoms with Crippen LogP contribution in [0.15, 0.2) is 41.4 Å². The van der Waals surface area contributed by atoms with Crippen molar-refractivity contribution in [3.8, 4) is 5.75 Å². The van der Waals surface area contributed by atoms with Gasteiger partial charge in [0.1, 0.15) is 22.9 Å². The van der Waals surface area contributed by atoms with E-state index in [9.17, 15) is 8.42 Å². The van der Waals surface area contributed by atoms with Crippen molar-refractivity contribution in [3.05, 3.63) is 64.2 Å². The molecule has 148 valence electrons. The Hall–Kier alpha value is -2.34.